The number of alkyl halides is 3. The van der Waals surface area contributed by atoms with Gasteiger partial charge >= 0.3 is 12.1 Å². The topological polar surface area (TPSA) is 38.3 Å². The van der Waals surface area contributed by atoms with Gasteiger partial charge in [-0.25, -0.2) is 4.79 Å². The van der Waals surface area contributed by atoms with Crippen molar-refractivity contribution in [3.8, 4) is 0 Å². The lowest BCUT2D eigenvalue weighted by molar-refractivity contribution is -0.134. The number of carbonyl (C=O) groups is 1. The summed E-state index contributed by atoms with van der Waals surface area (Å²) < 4.78 is 40.3. The Morgan fingerprint density at radius 2 is 2.11 bits per heavy atom. The molecule has 0 aromatic heterocycles. The summed E-state index contributed by atoms with van der Waals surface area (Å²) in [6.07, 6.45) is -4.96. The summed E-state index contributed by atoms with van der Waals surface area (Å²) in [6.45, 7) is 0.199. The van der Waals surface area contributed by atoms with Gasteiger partial charge in [0.1, 0.15) is 0 Å². The summed E-state index contributed by atoms with van der Waals surface area (Å²) in [7, 11) is 1.27. The molecule has 0 unspecified atom stereocenters. The van der Waals surface area contributed by atoms with E-state index >= 15 is 0 Å². The Balaban J connectivity index is 2.45. The maximum absolute atomic E-state index is 11.9. The third kappa shape index (κ3) is 5.07. The first-order valence-corrected chi connectivity index (χ1v) is 5.41. The number of esters is 1. The highest BCUT2D eigenvalue weighted by Gasteiger charge is 2.25. The summed E-state index contributed by atoms with van der Waals surface area (Å²) in [6, 6.07) is 6.44. The summed E-state index contributed by atoms with van der Waals surface area (Å²) in [5.41, 5.74) is 0.957. The molecule has 1 aromatic rings. The standard InChI is InChI=1S/C12H14F3NO2/c1-18-11(17)9-4-2-5-10(8-9)16-7-3-6-12(13,14)15/h2,4-5,8,16H,3,6-7H2,1H3. The molecule has 0 saturated heterocycles. The van der Waals surface area contributed by atoms with E-state index in [-0.39, 0.29) is 13.0 Å². The Morgan fingerprint density at radius 1 is 1.39 bits per heavy atom. The first kappa shape index (κ1) is 14.3. The van der Waals surface area contributed by atoms with Crippen LogP contribution in [0.2, 0.25) is 0 Å². The summed E-state index contributed by atoms with van der Waals surface area (Å²) in [4.78, 5) is 11.2. The van der Waals surface area contributed by atoms with Gasteiger partial charge in [0, 0.05) is 18.7 Å². The van der Waals surface area contributed by atoms with E-state index < -0.39 is 18.6 Å². The summed E-state index contributed by atoms with van der Waals surface area (Å²) in [5, 5.41) is 2.83. The van der Waals surface area contributed by atoms with Crippen LogP contribution in [-0.2, 0) is 4.74 Å². The average Bonchev–Trinajstić information content (AvgIpc) is 2.33. The minimum atomic E-state index is -4.13. The normalized spacial score (nSPS) is 11.1. The molecule has 3 nitrogen and oxygen atoms in total. The molecule has 6 heteroatoms. The fourth-order valence-electron chi connectivity index (χ4n) is 1.40. The van der Waals surface area contributed by atoms with Crippen LogP contribution < -0.4 is 5.32 Å². The monoisotopic (exact) mass is 261 g/mol. The second kappa shape index (κ2) is 6.28. The Hall–Kier alpha value is -1.72. The highest BCUT2D eigenvalue weighted by molar-refractivity contribution is 5.90. The van der Waals surface area contributed by atoms with Crippen molar-refractivity contribution in [1.82, 2.24) is 0 Å². The maximum atomic E-state index is 11.9. The van der Waals surface area contributed by atoms with Crippen LogP contribution in [0.3, 0.4) is 0 Å². The minimum Gasteiger partial charge on any atom is -0.465 e. The largest absolute Gasteiger partial charge is 0.465 e. The van der Waals surface area contributed by atoms with Crippen molar-refractivity contribution in [3.05, 3.63) is 29.8 Å². The fraction of sp³-hybridized carbons (Fsp3) is 0.417. The predicted octanol–water partition coefficient (Wildman–Crippen LogP) is 3.23. The van der Waals surface area contributed by atoms with Crippen LogP contribution in [0.25, 0.3) is 0 Å². The second-order valence-corrected chi connectivity index (χ2v) is 3.72. The van der Waals surface area contributed by atoms with Gasteiger partial charge in [-0.2, -0.15) is 13.2 Å². The van der Waals surface area contributed by atoms with Crippen LogP contribution in [0, 0.1) is 0 Å². The second-order valence-electron chi connectivity index (χ2n) is 3.72. The lowest BCUT2D eigenvalue weighted by Crippen LogP contribution is -2.11. The quantitative estimate of drug-likeness (QED) is 0.653. The number of hydrogen-bond acceptors (Lipinski definition) is 3. The number of nitrogens with one attached hydrogen (secondary N) is 1. The van der Waals surface area contributed by atoms with Gasteiger partial charge in [-0.1, -0.05) is 6.07 Å². The predicted molar refractivity (Wildman–Crippen MR) is 61.6 cm³/mol. The van der Waals surface area contributed by atoms with Gasteiger partial charge in [-0.05, 0) is 24.6 Å². The van der Waals surface area contributed by atoms with Gasteiger partial charge in [0.15, 0.2) is 0 Å². The van der Waals surface area contributed by atoms with Gasteiger partial charge in [-0.3, -0.25) is 0 Å². The Bertz CT molecular complexity index is 405. The van der Waals surface area contributed by atoms with Gasteiger partial charge in [0.25, 0.3) is 0 Å². The number of halogens is 3. The van der Waals surface area contributed by atoms with Crippen molar-refractivity contribution < 1.29 is 22.7 Å². The van der Waals surface area contributed by atoms with Crippen molar-refractivity contribution in [2.45, 2.75) is 19.0 Å². The third-order valence-electron chi connectivity index (χ3n) is 2.25. The van der Waals surface area contributed by atoms with Crippen LogP contribution in [0.1, 0.15) is 23.2 Å². The molecule has 0 amide bonds. The van der Waals surface area contributed by atoms with Crippen LogP contribution in [0.5, 0.6) is 0 Å². The van der Waals surface area contributed by atoms with E-state index in [4.69, 9.17) is 0 Å². The summed E-state index contributed by atoms with van der Waals surface area (Å²) in [5.74, 6) is -0.478. The highest BCUT2D eigenvalue weighted by Crippen LogP contribution is 2.21. The Labute approximate surface area is 103 Å². The van der Waals surface area contributed by atoms with Crippen LogP contribution in [-0.4, -0.2) is 25.8 Å². The van der Waals surface area contributed by atoms with E-state index in [1.165, 1.54) is 7.11 Å². The molecule has 100 valence electrons. The number of anilines is 1. The van der Waals surface area contributed by atoms with Gasteiger partial charge in [-0.15, -0.1) is 0 Å². The fourth-order valence-corrected chi connectivity index (χ4v) is 1.40. The average molecular weight is 261 g/mol. The maximum Gasteiger partial charge on any atom is 0.389 e. The minimum absolute atomic E-state index is 0.00798. The Kier molecular flexibility index (Phi) is 5.00. The highest BCUT2D eigenvalue weighted by atomic mass is 19.4. The molecule has 0 aliphatic heterocycles. The first-order valence-electron chi connectivity index (χ1n) is 5.41. The SMILES string of the molecule is COC(=O)c1cccc(NCCCC(F)(F)F)c1. The molecule has 1 aromatic carbocycles. The zero-order valence-corrected chi connectivity index (χ0v) is 9.88. The summed E-state index contributed by atoms with van der Waals surface area (Å²) >= 11 is 0. The molecule has 1 rings (SSSR count). The van der Waals surface area contributed by atoms with E-state index in [0.717, 1.165) is 0 Å². The lowest BCUT2D eigenvalue weighted by atomic mass is 10.2. The molecule has 0 bridgehead atoms. The van der Waals surface area contributed by atoms with Crippen molar-refractivity contribution in [2.24, 2.45) is 0 Å². The first-order chi connectivity index (χ1) is 8.42. The van der Waals surface area contributed by atoms with Gasteiger partial charge in [0.2, 0.25) is 0 Å². The number of hydrogen-bond donors (Lipinski definition) is 1. The van der Waals surface area contributed by atoms with Crippen LogP contribution in [0.15, 0.2) is 24.3 Å². The van der Waals surface area contributed by atoms with E-state index in [0.29, 0.717) is 11.3 Å². The number of methoxy groups -OCH3 is 1. The molecule has 0 aliphatic carbocycles. The molecule has 0 atom stereocenters. The molecule has 0 radical (unpaired) electrons. The number of ether oxygens (including phenoxy) is 1. The van der Waals surface area contributed by atoms with E-state index in [9.17, 15) is 18.0 Å². The molecule has 0 heterocycles. The molecule has 18 heavy (non-hydrogen) atoms. The van der Waals surface area contributed by atoms with E-state index in [2.05, 4.69) is 10.1 Å². The molecule has 0 aliphatic rings. The number of carbonyl (C=O) groups excluding carboxylic acids is 1. The van der Waals surface area contributed by atoms with E-state index in [1.54, 1.807) is 24.3 Å². The molecule has 0 spiro atoms. The zero-order valence-electron chi connectivity index (χ0n) is 9.88. The van der Waals surface area contributed by atoms with Crippen molar-refractivity contribution in [1.29, 1.82) is 0 Å². The number of rotatable bonds is 5. The smallest absolute Gasteiger partial charge is 0.389 e. The van der Waals surface area contributed by atoms with E-state index in [1.807, 2.05) is 0 Å². The van der Waals surface area contributed by atoms with Crippen molar-refractivity contribution in [2.75, 3.05) is 19.0 Å². The molecule has 1 N–H and O–H groups in total. The third-order valence-corrected chi connectivity index (χ3v) is 2.25. The Morgan fingerprint density at radius 3 is 2.72 bits per heavy atom. The van der Waals surface area contributed by atoms with Crippen molar-refractivity contribution >= 4 is 11.7 Å². The molecular formula is C12H14F3NO2. The van der Waals surface area contributed by atoms with Crippen molar-refractivity contribution in [3.63, 3.8) is 0 Å². The van der Waals surface area contributed by atoms with Gasteiger partial charge < -0.3 is 10.1 Å². The van der Waals surface area contributed by atoms with Gasteiger partial charge in [0.05, 0.1) is 12.7 Å². The zero-order chi connectivity index (χ0) is 13.6. The molecular weight excluding hydrogens is 247 g/mol. The lowest BCUT2D eigenvalue weighted by Gasteiger charge is -2.09. The van der Waals surface area contributed by atoms with Crippen LogP contribution >= 0.6 is 0 Å². The molecule has 0 saturated carbocycles. The number of benzene rings is 1. The molecule has 0 fully saturated rings. The van der Waals surface area contributed by atoms with Crippen LogP contribution in [0.4, 0.5) is 18.9 Å².